The van der Waals surface area contributed by atoms with Crippen LogP contribution >= 0.6 is 0 Å². The van der Waals surface area contributed by atoms with Crippen molar-refractivity contribution in [2.24, 2.45) is 5.92 Å². The molecule has 0 aromatic heterocycles. The molecule has 0 N–H and O–H groups in total. The number of carbonyl (C=O) groups is 4. The van der Waals surface area contributed by atoms with E-state index >= 15 is 0 Å². The van der Waals surface area contributed by atoms with E-state index < -0.39 is 49.1 Å². The summed E-state index contributed by atoms with van der Waals surface area (Å²) in [5.74, 6) is -2.99. The molecule has 1 aliphatic heterocycles. The maximum Gasteiger partial charge on any atom is 0.406 e. The number of carbonyl (C=O) groups excluding carboxylic acids is 4. The van der Waals surface area contributed by atoms with E-state index in [0.29, 0.717) is 4.90 Å². The standard InChI is InChI=1S/C19H19F3N2O5/c1-10(11-3-4-11)24(9-19(20,21)22)15(25)8-29-18(28)12-5-6-13-14(7-12)17(27)23(2)16(13)26/h5-7,10-11H,3-4,8-9H2,1-2H3/t10-/m0/s1. The maximum absolute atomic E-state index is 12.8. The highest BCUT2D eigenvalue weighted by Gasteiger charge is 2.40. The van der Waals surface area contributed by atoms with E-state index in [1.165, 1.54) is 25.2 Å². The molecular weight excluding hydrogens is 393 g/mol. The fourth-order valence-electron chi connectivity index (χ4n) is 3.27. The van der Waals surface area contributed by atoms with E-state index in [1.54, 1.807) is 6.92 Å². The van der Waals surface area contributed by atoms with Gasteiger partial charge in [-0.15, -0.1) is 0 Å². The third-order valence-corrected chi connectivity index (χ3v) is 5.12. The Kier molecular flexibility index (Phi) is 5.38. The molecule has 1 aromatic carbocycles. The predicted octanol–water partition coefficient (Wildman–Crippen LogP) is 2.26. The van der Waals surface area contributed by atoms with Crippen molar-refractivity contribution in [1.82, 2.24) is 9.80 Å². The summed E-state index contributed by atoms with van der Waals surface area (Å²) in [5, 5.41) is 0. The first-order valence-electron chi connectivity index (χ1n) is 8.99. The van der Waals surface area contributed by atoms with Crippen molar-refractivity contribution in [1.29, 1.82) is 0 Å². The zero-order valence-corrected chi connectivity index (χ0v) is 15.8. The number of fused-ring (bicyclic) bond motifs is 1. The van der Waals surface area contributed by atoms with Crippen LogP contribution in [-0.2, 0) is 9.53 Å². The summed E-state index contributed by atoms with van der Waals surface area (Å²) >= 11 is 0. The minimum absolute atomic E-state index is 0.00857. The van der Waals surface area contributed by atoms with Gasteiger partial charge in [0.2, 0.25) is 0 Å². The number of esters is 1. The number of halogens is 3. The third-order valence-electron chi connectivity index (χ3n) is 5.12. The lowest BCUT2D eigenvalue weighted by Gasteiger charge is -2.30. The van der Waals surface area contributed by atoms with Crippen molar-refractivity contribution in [3.8, 4) is 0 Å². The van der Waals surface area contributed by atoms with Crippen LogP contribution in [0.5, 0.6) is 0 Å². The second kappa shape index (κ2) is 7.49. The highest BCUT2D eigenvalue weighted by molar-refractivity contribution is 6.21. The lowest BCUT2D eigenvalue weighted by atomic mass is 10.1. The molecule has 156 valence electrons. The molecule has 0 bridgehead atoms. The van der Waals surface area contributed by atoms with Crippen molar-refractivity contribution in [2.75, 3.05) is 20.2 Å². The monoisotopic (exact) mass is 412 g/mol. The fourth-order valence-corrected chi connectivity index (χ4v) is 3.27. The molecular formula is C19H19F3N2O5. The first kappa shape index (κ1) is 20.8. The van der Waals surface area contributed by atoms with Gasteiger partial charge in [-0.05, 0) is 43.9 Å². The van der Waals surface area contributed by atoms with Crippen LogP contribution in [0.1, 0.15) is 50.8 Å². The Hall–Kier alpha value is -2.91. The normalized spacial score (nSPS) is 17.2. The molecule has 0 radical (unpaired) electrons. The maximum atomic E-state index is 12.8. The molecule has 1 saturated carbocycles. The van der Waals surface area contributed by atoms with Gasteiger partial charge in [0.05, 0.1) is 16.7 Å². The van der Waals surface area contributed by atoms with Crippen LogP contribution in [0.25, 0.3) is 0 Å². The van der Waals surface area contributed by atoms with Gasteiger partial charge >= 0.3 is 12.1 Å². The Bertz CT molecular complexity index is 879. The van der Waals surface area contributed by atoms with Crippen LogP contribution in [-0.4, -0.2) is 65.9 Å². The summed E-state index contributed by atoms with van der Waals surface area (Å²) in [6.45, 7) is -0.721. The number of hydrogen-bond acceptors (Lipinski definition) is 5. The topological polar surface area (TPSA) is 84.0 Å². The SMILES string of the molecule is C[C@@H](C1CC1)N(CC(F)(F)F)C(=O)COC(=O)c1ccc2c(c1)C(=O)N(C)C2=O. The van der Waals surface area contributed by atoms with Gasteiger partial charge in [0.25, 0.3) is 17.7 Å². The van der Waals surface area contributed by atoms with Crippen molar-refractivity contribution in [3.05, 3.63) is 34.9 Å². The number of alkyl halides is 3. The lowest BCUT2D eigenvalue weighted by Crippen LogP contribution is -2.47. The minimum atomic E-state index is -4.57. The predicted molar refractivity (Wildman–Crippen MR) is 93.1 cm³/mol. The molecule has 1 aromatic rings. The molecule has 29 heavy (non-hydrogen) atoms. The Morgan fingerprint density at radius 2 is 1.83 bits per heavy atom. The Balaban J connectivity index is 1.67. The average Bonchev–Trinajstić information content (AvgIpc) is 3.49. The molecule has 0 unspecified atom stereocenters. The van der Waals surface area contributed by atoms with Gasteiger partial charge < -0.3 is 9.64 Å². The van der Waals surface area contributed by atoms with Crippen LogP contribution in [0.2, 0.25) is 0 Å². The second-order valence-corrected chi connectivity index (χ2v) is 7.22. The Morgan fingerprint density at radius 1 is 1.21 bits per heavy atom. The quantitative estimate of drug-likeness (QED) is 0.529. The molecule has 2 aliphatic rings. The molecule has 1 heterocycles. The van der Waals surface area contributed by atoms with Gasteiger partial charge in [-0.1, -0.05) is 0 Å². The van der Waals surface area contributed by atoms with Gasteiger partial charge in [-0.25, -0.2) is 4.79 Å². The first-order chi connectivity index (χ1) is 13.5. The molecule has 3 rings (SSSR count). The van der Waals surface area contributed by atoms with Crippen LogP contribution < -0.4 is 0 Å². The van der Waals surface area contributed by atoms with Gasteiger partial charge in [-0.3, -0.25) is 19.3 Å². The molecule has 1 fully saturated rings. The number of amides is 3. The molecule has 0 spiro atoms. The molecule has 0 saturated heterocycles. The summed E-state index contributed by atoms with van der Waals surface area (Å²) in [5.41, 5.74) is 0.0877. The number of imide groups is 1. The molecule has 1 atom stereocenters. The Morgan fingerprint density at radius 3 is 2.41 bits per heavy atom. The highest BCUT2D eigenvalue weighted by atomic mass is 19.4. The van der Waals surface area contributed by atoms with E-state index in [9.17, 15) is 32.3 Å². The fraction of sp³-hybridized carbons (Fsp3) is 0.474. The van der Waals surface area contributed by atoms with Crippen LogP contribution in [0.3, 0.4) is 0 Å². The summed E-state index contributed by atoms with van der Waals surface area (Å²) < 4.78 is 43.4. The zero-order valence-electron chi connectivity index (χ0n) is 15.8. The van der Waals surface area contributed by atoms with Gasteiger partial charge in [0.1, 0.15) is 6.54 Å². The van der Waals surface area contributed by atoms with Gasteiger partial charge in [0.15, 0.2) is 6.61 Å². The number of rotatable bonds is 6. The van der Waals surface area contributed by atoms with E-state index in [-0.39, 0.29) is 22.6 Å². The van der Waals surface area contributed by atoms with Crippen molar-refractivity contribution in [3.63, 3.8) is 0 Å². The van der Waals surface area contributed by atoms with Gasteiger partial charge in [-0.2, -0.15) is 13.2 Å². The number of hydrogen-bond donors (Lipinski definition) is 0. The summed E-state index contributed by atoms with van der Waals surface area (Å²) in [6.07, 6.45) is -3.07. The lowest BCUT2D eigenvalue weighted by molar-refractivity contribution is -0.167. The summed E-state index contributed by atoms with van der Waals surface area (Å²) in [4.78, 5) is 50.0. The van der Waals surface area contributed by atoms with Gasteiger partial charge in [0, 0.05) is 13.1 Å². The zero-order chi connectivity index (χ0) is 21.5. The molecule has 7 nitrogen and oxygen atoms in total. The van der Waals surface area contributed by atoms with E-state index in [1.807, 2.05) is 0 Å². The van der Waals surface area contributed by atoms with E-state index in [4.69, 9.17) is 4.74 Å². The van der Waals surface area contributed by atoms with Crippen molar-refractivity contribution < 1.29 is 37.1 Å². The minimum Gasteiger partial charge on any atom is -0.452 e. The smallest absolute Gasteiger partial charge is 0.406 e. The third kappa shape index (κ3) is 4.41. The van der Waals surface area contributed by atoms with Crippen LogP contribution in [0.15, 0.2) is 18.2 Å². The van der Waals surface area contributed by atoms with Crippen molar-refractivity contribution in [2.45, 2.75) is 32.0 Å². The largest absolute Gasteiger partial charge is 0.452 e. The van der Waals surface area contributed by atoms with E-state index in [2.05, 4.69) is 0 Å². The number of benzene rings is 1. The van der Waals surface area contributed by atoms with E-state index in [0.717, 1.165) is 17.7 Å². The first-order valence-corrected chi connectivity index (χ1v) is 8.99. The summed E-state index contributed by atoms with van der Waals surface area (Å²) in [7, 11) is 1.30. The second-order valence-electron chi connectivity index (χ2n) is 7.22. The molecule has 3 amide bonds. The highest BCUT2D eigenvalue weighted by Crippen LogP contribution is 2.36. The summed E-state index contributed by atoms with van der Waals surface area (Å²) in [6, 6.07) is 3.12. The van der Waals surface area contributed by atoms with Crippen molar-refractivity contribution >= 4 is 23.7 Å². The number of ether oxygens (including phenoxy) is 1. The van der Waals surface area contributed by atoms with Crippen LogP contribution in [0.4, 0.5) is 13.2 Å². The Labute approximate surface area is 164 Å². The molecule has 1 aliphatic carbocycles. The number of nitrogens with zero attached hydrogens (tertiary/aromatic N) is 2. The van der Waals surface area contributed by atoms with Crippen LogP contribution in [0, 0.1) is 5.92 Å². The average molecular weight is 412 g/mol. The molecule has 10 heteroatoms.